The molecule has 0 spiro atoms. The SMILES string of the molecule is CCOC(=O)c1[nH]c2cc(Cl)cc(Cl)c2c1/C=C/C(=O)Nc1cccc(OC)c1. The van der Waals surface area contributed by atoms with Crippen LogP contribution < -0.4 is 10.1 Å². The Kier molecular flexibility index (Phi) is 6.46. The van der Waals surface area contributed by atoms with Gasteiger partial charge in [0.15, 0.2) is 0 Å². The van der Waals surface area contributed by atoms with Crippen LogP contribution in [0.3, 0.4) is 0 Å². The molecule has 0 aliphatic rings. The van der Waals surface area contributed by atoms with Crippen molar-refractivity contribution in [2.24, 2.45) is 0 Å². The highest BCUT2D eigenvalue weighted by atomic mass is 35.5. The Labute approximate surface area is 177 Å². The van der Waals surface area contributed by atoms with Crippen LogP contribution in [0.5, 0.6) is 5.75 Å². The largest absolute Gasteiger partial charge is 0.497 e. The van der Waals surface area contributed by atoms with Crippen molar-refractivity contribution in [3.63, 3.8) is 0 Å². The number of anilines is 1. The second kappa shape index (κ2) is 9.03. The van der Waals surface area contributed by atoms with E-state index in [1.165, 1.54) is 12.2 Å². The van der Waals surface area contributed by atoms with Crippen LogP contribution in [0.25, 0.3) is 17.0 Å². The highest BCUT2D eigenvalue weighted by molar-refractivity contribution is 6.39. The lowest BCUT2D eigenvalue weighted by Crippen LogP contribution is -2.09. The van der Waals surface area contributed by atoms with Crippen LogP contribution in [0.15, 0.2) is 42.5 Å². The first-order chi connectivity index (χ1) is 13.9. The van der Waals surface area contributed by atoms with Gasteiger partial charge in [0, 0.05) is 39.3 Å². The molecule has 0 aliphatic heterocycles. The van der Waals surface area contributed by atoms with Crippen LogP contribution in [0.1, 0.15) is 23.0 Å². The van der Waals surface area contributed by atoms with E-state index < -0.39 is 5.97 Å². The van der Waals surface area contributed by atoms with E-state index in [0.29, 0.717) is 37.9 Å². The van der Waals surface area contributed by atoms with E-state index in [4.69, 9.17) is 32.7 Å². The topological polar surface area (TPSA) is 80.4 Å². The van der Waals surface area contributed by atoms with Crippen LogP contribution in [0, 0.1) is 0 Å². The molecule has 150 valence electrons. The zero-order valence-electron chi connectivity index (χ0n) is 15.7. The third kappa shape index (κ3) is 4.72. The number of H-pyrrole nitrogens is 1. The number of ether oxygens (including phenoxy) is 2. The minimum absolute atomic E-state index is 0.191. The molecule has 8 heteroatoms. The highest BCUT2D eigenvalue weighted by Crippen LogP contribution is 2.33. The number of rotatable bonds is 6. The Hall–Kier alpha value is -2.96. The maximum atomic E-state index is 12.4. The Morgan fingerprint density at radius 3 is 2.72 bits per heavy atom. The quantitative estimate of drug-likeness (QED) is 0.408. The zero-order valence-corrected chi connectivity index (χ0v) is 17.2. The summed E-state index contributed by atoms with van der Waals surface area (Å²) in [4.78, 5) is 27.7. The number of nitrogens with one attached hydrogen (secondary N) is 2. The number of aromatic amines is 1. The zero-order chi connectivity index (χ0) is 21.0. The van der Waals surface area contributed by atoms with Crippen molar-refractivity contribution < 1.29 is 19.1 Å². The average molecular weight is 433 g/mol. The van der Waals surface area contributed by atoms with E-state index in [2.05, 4.69) is 10.3 Å². The number of amides is 1. The number of hydrogen-bond acceptors (Lipinski definition) is 4. The fourth-order valence-electron chi connectivity index (χ4n) is 2.85. The van der Waals surface area contributed by atoms with Crippen molar-refractivity contribution >= 4 is 57.7 Å². The monoisotopic (exact) mass is 432 g/mol. The normalized spacial score (nSPS) is 11.0. The Balaban J connectivity index is 1.95. The summed E-state index contributed by atoms with van der Waals surface area (Å²) in [5, 5.41) is 4.09. The molecule has 1 heterocycles. The summed E-state index contributed by atoms with van der Waals surface area (Å²) in [6.07, 6.45) is 2.83. The van der Waals surface area contributed by atoms with Gasteiger partial charge in [-0.05, 0) is 37.3 Å². The Morgan fingerprint density at radius 2 is 2.00 bits per heavy atom. The number of aromatic nitrogens is 1. The summed E-state index contributed by atoms with van der Waals surface area (Å²) in [5.74, 6) is -0.312. The fourth-order valence-corrected chi connectivity index (χ4v) is 3.44. The first-order valence-electron chi connectivity index (χ1n) is 8.74. The van der Waals surface area contributed by atoms with Crippen molar-refractivity contribution in [1.29, 1.82) is 0 Å². The van der Waals surface area contributed by atoms with Gasteiger partial charge in [-0.15, -0.1) is 0 Å². The highest BCUT2D eigenvalue weighted by Gasteiger charge is 2.20. The Morgan fingerprint density at radius 1 is 1.21 bits per heavy atom. The lowest BCUT2D eigenvalue weighted by molar-refractivity contribution is -0.111. The van der Waals surface area contributed by atoms with E-state index in [0.717, 1.165) is 0 Å². The van der Waals surface area contributed by atoms with Gasteiger partial charge in [0.2, 0.25) is 5.91 Å². The number of hydrogen-bond donors (Lipinski definition) is 2. The molecule has 2 N–H and O–H groups in total. The predicted molar refractivity (Wildman–Crippen MR) is 115 cm³/mol. The summed E-state index contributed by atoms with van der Waals surface area (Å²) >= 11 is 12.4. The molecule has 6 nitrogen and oxygen atoms in total. The maximum Gasteiger partial charge on any atom is 0.355 e. The number of carbonyl (C=O) groups is 2. The molecule has 1 amide bonds. The minimum atomic E-state index is -0.552. The number of halogens is 2. The average Bonchev–Trinajstić information content (AvgIpc) is 3.05. The minimum Gasteiger partial charge on any atom is -0.497 e. The van der Waals surface area contributed by atoms with Crippen LogP contribution in [-0.4, -0.2) is 30.6 Å². The number of benzene rings is 2. The summed E-state index contributed by atoms with van der Waals surface area (Å²) in [6.45, 7) is 1.92. The molecule has 2 aromatic carbocycles. The van der Waals surface area contributed by atoms with Gasteiger partial charge in [0.05, 0.1) is 18.7 Å². The van der Waals surface area contributed by atoms with Crippen molar-refractivity contribution in [3.8, 4) is 5.75 Å². The summed E-state index contributed by atoms with van der Waals surface area (Å²) in [5.41, 5.74) is 1.78. The van der Waals surface area contributed by atoms with Gasteiger partial charge in [-0.3, -0.25) is 4.79 Å². The molecule has 0 bridgehead atoms. The molecule has 0 radical (unpaired) electrons. The van der Waals surface area contributed by atoms with Gasteiger partial charge in [-0.2, -0.15) is 0 Å². The Bertz CT molecular complexity index is 1110. The van der Waals surface area contributed by atoms with Gasteiger partial charge in [-0.25, -0.2) is 4.79 Å². The van der Waals surface area contributed by atoms with E-state index >= 15 is 0 Å². The maximum absolute atomic E-state index is 12.4. The molecule has 0 atom stereocenters. The number of fused-ring (bicyclic) bond motifs is 1. The molecular formula is C21H18Cl2N2O4. The third-order valence-electron chi connectivity index (χ3n) is 4.07. The van der Waals surface area contributed by atoms with E-state index in [1.807, 2.05) is 0 Å². The number of methoxy groups -OCH3 is 1. The van der Waals surface area contributed by atoms with Crippen molar-refractivity contribution in [2.45, 2.75) is 6.92 Å². The molecule has 0 unspecified atom stereocenters. The molecular weight excluding hydrogens is 415 g/mol. The molecule has 0 saturated carbocycles. The van der Waals surface area contributed by atoms with Crippen LogP contribution >= 0.6 is 23.2 Å². The van der Waals surface area contributed by atoms with Crippen LogP contribution in [0.2, 0.25) is 10.0 Å². The first-order valence-corrected chi connectivity index (χ1v) is 9.49. The third-order valence-corrected chi connectivity index (χ3v) is 4.59. The number of carbonyl (C=O) groups excluding carboxylic acids is 2. The molecule has 0 aliphatic carbocycles. The molecule has 29 heavy (non-hydrogen) atoms. The van der Waals surface area contributed by atoms with Crippen LogP contribution in [-0.2, 0) is 9.53 Å². The predicted octanol–water partition coefficient (Wildman–Crippen LogP) is 5.31. The molecule has 3 rings (SSSR count). The lowest BCUT2D eigenvalue weighted by atomic mass is 10.1. The molecule has 0 saturated heterocycles. The van der Waals surface area contributed by atoms with Crippen molar-refractivity contribution in [3.05, 3.63) is 63.8 Å². The second-order valence-electron chi connectivity index (χ2n) is 6.00. The molecule has 3 aromatic rings. The standard InChI is InChI=1S/C21H18Cl2N2O4/c1-3-29-21(27)20-15(19-16(23)9-12(22)10-17(19)25-20)7-8-18(26)24-13-5-4-6-14(11-13)28-2/h4-11,25H,3H2,1-2H3,(H,24,26)/b8-7+. The lowest BCUT2D eigenvalue weighted by Gasteiger charge is -2.05. The van der Waals surface area contributed by atoms with E-state index in [9.17, 15) is 9.59 Å². The van der Waals surface area contributed by atoms with Gasteiger partial charge in [0.1, 0.15) is 11.4 Å². The summed E-state index contributed by atoms with van der Waals surface area (Å²) < 4.78 is 10.2. The smallest absolute Gasteiger partial charge is 0.355 e. The van der Waals surface area contributed by atoms with Crippen LogP contribution in [0.4, 0.5) is 5.69 Å². The molecule has 1 aromatic heterocycles. The summed E-state index contributed by atoms with van der Waals surface area (Å²) in [6, 6.07) is 10.2. The van der Waals surface area contributed by atoms with E-state index in [-0.39, 0.29) is 18.2 Å². The van der Waals surface area contributed by atoms with Gasteiger partial charge < -0.3 is 19.8 Å². The summed E-state index contributed by atoms with van der Waals surface area (Å²) in [7, 11) is 1.55. The van der Waals surface area contributed by atoms with Gasteiger partial charge in [-0.1, -0.05) is 29.3 Å². The van der Waals surface area contributed by atoms with E-state index in [1.54, 1.807) is 50.4 Å². The van der Waals surface area contributed by atoms with Crippen molar-refractivity contribution in [2.75, 3.05) is 19.0 Å². The number of esters is 1. The van der Waals surface area contributed by atoms with Gasteiger partial charge >= 0.3 is 5.97 Å². The fraction of sp³-hybridized carbons (Fsp3) is 0.143. The first kappa shape index (κ1) is 20.8. The second-order valence-corrected chi connectivity index (χ2v) is 6.84. The molecule has 0 fully saturated rings. The van der Waals surface area contributed by atoms with Crippen molar-refractivity contribution in [1.82, 2.24) is 4.98 Å². The van der Waals surface area contributed by atoms with Gasteiger partial charge in [0.25, 0.3) is 0 Å².